The number of benzene rings is 1. The lowest BCUT2D eigenvalue weighted by molar-refractivity contribution is -0.119. The molecule has 2 aliphatic rings. The summed E-state index contributed by atoms with van der Waals surface area (Å²) in [5, 5.41) is 0. The molecular formula is C12H11FO. The fourth-order valence-corrected chi connectivity index (χ4v) is 2.79. The van der Waals surface area contributed by atoms with Crippen LogP contribution < -0.4 is 0 Å². The van der Waals surface area contributed by atoms with Gasteiger partial charge in [-0.05, 0) is 30.5 Å². The molecule has 0 heterocycles. The minimum absolute atomic E-state index is 0.0270. The van der Waals surface area contributed by atoms with Gasteiger partial charge < -0.3 is 0 Å². The number of ketones is 1. The first kappa shape index (κ1) is 8.16. The van der Waals surface area contributed by atoms with E-state index in [-0.39, 0.29) is 17.2 Å². The van der Waals surface area contributed by atoms with Crippen LogP contribution >= 0.6 is 0 Å². The van der Waals surface area contributed by atoms with E-state index in [1.807, 2.05) is 6.07 Å². The van der Waals surface area contributed by atoms with E-state index in [1.165, 1.54) is 6.07 Å². The summed E-state index contributed by atoms with van der Waals surface area (Å²) in [6.45, 7) is 0. The van der Waals surface area contributed by atoms with Crippen LogP contribution in [0.4, 0.5) is 4.39 Å². The Morgan fingerprint density at radius 2 is 2.29 bits per heavy atom. The van der Waals surface area contributed by atoms with Gasteiger partial charge in [0.15, 0.2) is 0 Å². The van der Waals surface area contributed by atoms with Gasteiger partial charge in [0.25, 0.3) is 0 Å². The molecule has 3 rings (SSSR count). The Labute approximate surface area is 81.9 Å². The topological polar surface area (TPSA) is 17.1 Å². The van der Waals surface area contributed by atoms with E-state index in [9.17, 15) is 9.18 Å². The Bertz CT molecular complexity index is 413. The molecule has 1 aromatic rings. The number of carbonyl (C=O) groups is 1. The summed E-state index contributed by atoms with van der Waals surface area (Å²) in [6, 6.07) is 6.71. The summed E-state index contributed by atoms with van der Waals surface area (Å²) in [6.07, 6.45) is 2.54. The third-order valence-corrected chi connectivity index (χ3v) is 3.68. The third-order valence-electron chi connectivity index (χ3n) is 3.68. The highest BCUT2D eigenvalue weighted by atomic mass is 19.1. The molecule has 0 bridgehead atoms. The maximum Gasteiger partial charge on any atom is 0.136 e. The SMILES string of the molecule is O=C1CC[C@]2(c3cccc(F)c3)C[C@H]12. The van der Waals surface area contributed by atoms with Crippen molar-refractivity contribution in [2.24, 2.45) is 5.92 Å². The van der Waals surface area contributed by atoms with Crippen molar-refractivity contribution in [2.75, 3.05) is 0 Å². The highest BCUT2D eigenvalue weighted by Gasteiger charge is 2.62. The van der Waals surface area contributed by atoms with Crippen molar-refractivity contribution >= 4 is 5.78 Å². The molecule has 72 valence electrons. The number of hydrogen-bond acceptors (Lipinski definition) is 1. The molecule has 2 heteroatoms. The molecule has 2 aliphatic carbocycles. The Balaban J connectivity index is 2.01. The molecule has 0 saturated heterocycles. The first-order valence-corrected chi connectivity index (χ1v) is 5.01. The minimum atomic E-state index is -0.193. The van der Waals surface area contributed by atoms with Gasteiger partial charge in [-0.1, -0.05) is 12.1 Å². The monoisotopic (exact) mass is 190 g/mol. The predicted molar refractivity (Wildman–Crippen MR) is 50.4 cm³/mol. The lowest BCUT2D eigenvalue weighted by Crippen LogP contribution is -2.05. The molecule has 0 radical (unpaired) electrons. The molecule has 2 saturated carbocycles. The number of Topliss-reactive ketones (excluding diaryl/α,β-unsaturated/α-hetero) is 1. The van der Waals surface area contributed by atoms with E-state index in [4.69, 9.17) is 0 Å². The largest absolute Gasteiger partial charge is 0.299 e. The molecule has 0 aliphatic heterocycles. The maximum absolute atomic E-state index is 13.0. The van der Waals surface area contributed by atoms with Crippen LogP contribution in [0.2, 0.25) is 0 Å². The Hall–Kier alpha value is -1.18. The molecule has 14 heavy (non-hydrogen) atoms. The van der Waals surface area contributed by atoms with Crippen molar-refractivity contribution in [1.82, 2.24) is 0 Å². The molecule has 2 fully saturated rings. The smallest absolute Gasteiger partial charge is 0.136 e. The van der Waals surface area contributed by atoms with Gasteiger partial charge in [0.2, 0.25) is 0 Å². The average Bonchev–Trinajstić information content (AvgIpc) is 2.83. The Morgan fingerprint density at radius 3 is 2.86 bits per heavy atom. The number of carbonyl (C=O) groups excluding carboxylic acids is 1. The zero-order valence-electron chi connectivity index (χ0n) is 7.79. The second kappa shape index (κ2) is 2.44. The quantitative estimate of drug-likeness (QED) is 0.664. The Morgan fingerprint density at radius 1 is 1.43 bits per heavy atom. The normalized spacial score (nSPS) is 34.4. The van der Waals surface area contributed by atoms with Gasteiger partial charge in [-0.25, -0.2) is 4.39 Å². The van der Waals surface area contributed by atoms with Gasteiger partial charge in [-0.15, -0.1) is 0 Å². The van der Waals surface area contributed by atoms with Crippen LogP contribution in [-0.2, 0) is 10.2 Å². The third kappa shape index (κ3) is 0.912. The highest BCUT2D eigenvalue weighted by Crippen LogP contribution is 2.62. The number of halogens is 1. The van der Waals surface area contributed by atoms with Crippen molar-refractivity contribution in [3.63, 3.8) is 0 Å². The molecular weight excluding hydrogens is 179 g/mol. The van der Waals surface area contributed by atoms with Crippen LogP contribution in [0.3, 0.4) is 0 Å². The molecule has 0 aromatic heterocycles. The van der Waals surface area contributed by atoms with Crippen molar-refractivity contribution < 1.29 is 9.18 Å². The minimum Gasteiger partial charge on any atom is -0.299 e. The molecule has 1 nitrogen and oxygen atoms in total. The van der Waals surface area contributed by atoms with E-state index >= 15 is 0 Å². The van der Waals surface area contributed by atoms with Crippen molar-refractivity contribution in [1.29, 1.82) is 0 Å². The molecule has 1 aromatic carbocycles. The second-order valence-electron chi connectivity index (χ2n) is 4.39. The maximum atomic E-state index is 13.0. The van der Waals surface area contributed by atoms with Crippen LogP contribution in [0.25, 0.3) is 0 Å². The zero-order chi connectivity index (χ0) is 9.76. The molecule has 0 N–H and O–H groups in total. The molecule has 0 spiro atoms. The summed E-state index contributed by atoms with van der Waals surface area (Å²) >= 11 is 0. The van der Waals surface area contributed by atoms with E-state index < -0.39 is 0 Å². The zero-order valence-corrected chi connectivity index (χ0v) is 7.79. The van der Waals surface area contributed by atoms with Crippen LogP contribution in [0.1, 0.15) is 24.8 Å². The predicted octanol–water partition coefficient (Wildman–Crippen LogP) is 2.45. The van der Waals surface area contributed by atoms with Crippen molar-refractivity contribution in [3.05, 3.63) is 35.6 Å². The fourth-order valence-electron chi connectivity index (χ4n) is 2.79. The summed E-state index contributed by atoms with van der Waals surface area (Å²) in [5.41, 5.74) is 1.05. The summed E-state index contributed by atoms with van der Waals surface area (Å²) in [4.78, 5) is 11.4. The molecule has 2 atom stereocenters. The lowest BCUT2D eigenvalue weighted by atomic mass is 9.93. The van der Waals surface area contributed by atoms with Gasteiger partial charge in [0.1, 0.15) is 11.6 Å². The second-order valence-corrected chi connectivity index (χ2v) is 4.39. The van der Waals surface area contributed by atoms with Crippen molar-refractivity contribution in [3.8, 4) is 0 Å². The summed E-state index contributed by atoms with van der Waals surface area (Å²) in [7, 11) is 0. The van der Waals surface area contributed by atoms with Crippen LogP contribution in [-0.4, -0.2) is 5.78 Å². The highest BCUT2D eigenvalue weighted by molar-refractivity contribution is 5.89. The summed E-state index contributed by atoms with van der Waals surface area (Å²) < 4.78 is 13.0. The van der Waals surface area contributed by atoms with Gasteiger partial charge in [-0.3, -0.25) is 4.79 Å². The van der Waals surface area contributed by atoms with Gasteiger partial charge >= 0.3 is 0 Å². The molecule has 0 amide bonds. The van der Waals surface area contributed by atoms with Crippen LogP contribution in [0, 0.1) is 11.7 Å². The van der Waals surface area contributed by atoms with Gasteiger partial charge in [0, 0.05) is 17.8 Å². The van der Waals surface area contributed by atoms with Gasteiger partial charge in [0.05, 0.1) is 0 Å². The van der Waals surface area contributed by atoms with E-state index in [0.717, 1.165) is 18.4 Å². The fraction of sp³-hybridized carbons (Fsp3) is 0.417. The summed E-state index contributed by atoms with van der Waals surface area (Å²) in [5.74, 6) is 0.375. The number of fused-ring (bicyclic) bond motifs is 1. The molecule has 0 unspecified atom stereocenters. The average molecular weight is 190 g/mol. The van der Waals surface area contributed by atoms with Gasteiger partial charge in [-0.2, -0.15) is 0 Å². The first-order chi connectivity index (χ1) is 6.72. The van der Waals surface area contributed by atoms with E-state index in [1.54, 1.807) is 12.1 Å². The number of rotatable bonds is 1. The standard InChI is InChI=1S/C12H11FO/c13-9-3-1-2-8(6-9)12-5-4-11(14)10(12)7-12/h1-3,6,10H,4-5,7H2/t10-,12-/m1/s1. The lowest BCUT2D eigenvalue weighted by Gasteiger charge is -2.10. The van der Waals surface area contributed by atoms with E-state index in [2.05, 4.69) is 0 Å². The van der Waals surface area contributed by atoms with Crippen LogP contribution in [0.5, 0.6) is 0 Å². The van der Waals surface area contributed by atoms with E-state index in [0.29, 0.717) is 12.2 Å². The first-order valence-electron chi connectivity index (χ1n) is 5.01. The van der Waals surface area contributed by atoms with Crippen molar-refractivity contribution in [2.45, 2.75) is 24.7 Å². The number of hydrogen-bond donors (Lipinski definition) is 0. The van der Waals surface area contributed by atoms with Crippen LogP contribution in [0.15, 0.2) is 24.3 Å². The Kier molecular flexibility index (Phi) is 1.42.